The largest absolute Gasteiger partial charge is 0.395 e. The van der Waals surface area contributed by atoms with Crippen molar-refractivity contribution in [1.29, 1.82) is 0 Å². The van der Waals surface area contributed by atoms with Gasteiger partial charge in [0.2, 0.25) is 10.0 Å². The lowest BCUT2D eigenvalue weighted by Gasteiger charge is -2.33. The number of piperidine rings is 1. The van der Waals surface area contributed by atoms with Crippen LogP contribution in [0.5, 0.6) is 0 Å². The third-order valence-electron chi connectivity index (χ3n) is 3.26. The number of aliphatic hydroxyl groups is 1. The van der Waals surface area contributed by atoms with Crippen LogP contribution in [0.15, 0.2) is 23.1 Å². The summed E-state index contributed by atoms with van der Waals surface area (Å²) in [6.45, 7) is -0.111. The summed E-state index contributed by atoms with van der Waals surface area (Å²) in [6.07, 6.45) is 1.97. The predicted molar refractivity (Wildman–Crippen MR) is 65.0 cm³/mol. The summed E-state index contributed by atoms with van der Waals surface area (Å²) in [5.74, 6) is -1.79. The molecule has 7 heteroatoms. The molecule has 1 saturated heterocycles. The van der Waals surface area contributed by atoms with Gasteiger partial charge in [-0.25, -0.2) is 17.2 Å². The number of benzene rings is 1. The zero-order chi connectivity index (χ0) is 14.0. The summed E-state index contributed by atoms with van der Waals surface area (Å²) < 4.78 is 52.5. The Hall–Kier alpha value is -1.05. The molecule has 0 aliphatic carbocycles. The Morgan fingerprint density at radius 1 is 1.32 bits per heavy atom. The van der Waals surface area contributed by atoms with E-state index in [9.17, 15) is 22.3 Å². The van der Waals surface area contributed by atoms with Crippen LogP contribution in [0, 0.1) is 11.6 Å². The lowest BCUT2D eigenvalue weighted by atomic mass is 10.1. The topological polar surface area (TPSA) is 57.6 Å². The number of hydrogen-bond donors (Lipinski definition) is 1. The number of halogens is 2. The van der Waals surface area contributed by atoms with E-state index >= 15 is 0 Å². The van der Waals surface area contributed by atoms with Gasteiger partial charge in [0, 0.05) is 12.6 Å². The minimum absolute atomic E-state index is 0.212. The van der Waals surface area contributed by atoms with Crippen LogP contribution in [-0.4, -0.2) is 37.0 Å². The molecule has 1 aromatic carbocycles. The highest BCUT2D eigenvalue weighted by Crippen LogP contribution is 2.27. The van der Waals surface area contributed by atoms with Crippen molar-refractivity contribution in [1.82, 2.24) is 4.31 Å². The lowest BCUT2D eigenvalue weighted by molar-refractivity contribution is 0.155. The van der Waals surface area contributed by atoms with Crippen molar-refractivity contribution in [3.05, 3.63) is 29.8 Å². The fraction of sp³-hybridized carbons (Fsp3) is 0.500. The maximum absolute atomic E-state index is 13.6. The number of rotatable bonds is 3. The van der Waals surface area contributed by atoms with Crippen molar-refractivity contribution >= 4 is 10.0 Å². The van der Waals surface area contributed by atoms with E-state index in [2.05, 4.69) is 0 Å². The molecular weight excluding hydrogens is 276 g/mol. The normalized spacial score (nSPS) is 21.5. The average molecular weight is 291 g/mol. The fourth-order valence-electron chi connectivity index (χ4n) is 2.27. The van der Waals surface area contributed by atoms with Crippen LogP contribution < -0.4 is 0 Å². The van der Waals surface area contributed by atoms with Gasteiger partial charge in [-0.05, 0) is 31.0 Å². The van der Waals surface area contributed by atoms with Gasteiger partial charge in [-0.2, -0.15) is 4.31 Å². The quantitative estimate of drug-likeness (QED) is 0.918. The molecule has 0 spiro atoms. The Labute approximate surface area is 110 Å². The number of sulfonamides is 1. The SMILES string of the molecule is O=S(=O)(c1cc(F)ccc1F)N1CCCCC1CO. The number of aliphatic hydroxyl groups excluding tert-OH is 1. The molecule has 1 unspecified atom stereocenters. The van der Waals surface area contributed by atoms with E-state index in [1.807, 2.05) is 0 Å². The van der Waals surface area contributed by atoms with Crippen molar-refractivity contribution in [2.24, 2.45) is 0 Å². The van der Waals surface area contributed by atoms with Crippen LogP contribution in [0.1, 0.15) is 19.3 Å². The van der Waals surface area contributed by atoms with Crippen molar-refractivity contribution < 1.29 is 22.3 Å². The van der Waals surface area contributed by atoms with E-state index in [1.165, 1.54) is 0 Å². The van der Waals surface area contributed by atoms with Crippen LogP contribution in [0.3, 0.4) is 0 Å². The molecule has 0 amide bonds. The minimum atomic E-state index is -4.12. The molecule has 0 radical (unpaired) electrons. The highest BCUT2D eigenvalue weighted by Gasteiger charge is 2.34. The Morgan fingerprint density at radius 2 is 2.05 bits per heavy atom. The molecule has 1 fully saturated rings. The van der Waals surface area contributed by atoms with Gasteiger partial charge in [0.05, 0.1) is 6.61 Å². The first-order valence-electron chi connectivity index (χ1n) is 6.04. The molecule has 1 heterocycles. The van der Waals surface area contributed by atoms with E-state index < -0.39 is 32.6 Å². The van der Waals surface area contributed by atoms with Gasteiger partial charge < -0.3 is 5.11 Å². The third kappa shape index (κ3) is 2.77. The van der Waals surface area contributed by atoms with Crippen LogP contribution in [-0.2, 0) is 10.0 Å². The molecule has 4 nitrogen and oxygen atoms in total. The van der Waals surface area contributed by atoms with Gasteiger partial charge in [0.1, 0.15) is 16.5 Å². The molecule has 106 valence electrons. The number of hydrogen-bond acceptors (Lipinski definition) is 3. The molecule has 19 heavy (non-hydrogen) atoms. The molecule has 0 aromatic heterocycles. The molecule has 1 aromatic rings. The van der Waals surface area contributed by atoms with Crippen LogP contribution in [0.2, 0.25) is 0 Å². The van der Waals surface area contributed by atoms with Crippen molar-refractivity contribution in [2.45, 2.75) is 30.2 Å². The molecule has 1 aliphatic rings. The smallest absolute Gasteiger partial charge is 0.246 e. The molecular formula is C12H15F2NO3S. The summed E-state index contributed by atoms with van der Waals surface area (Å²) in [5.41, 5.74) is 0. The predicted octanol–water partition coefficient (Wildman–Crippen LogP) is 1.50. The molecule has 2 rings (SSSR count). The maximum atomic E-state index is 13.6. The van der Waals surface area contributed by atoms with Crippen molar-refractivity contribution in [3.63, 3.8) is 0 Å². The van der Waals surface area contributed by atoms with Crippen LogP contribution in [0.4, 0.5) is 8.78 Å². The second-order valence-corrected chi connectivity index (χ2v) is 6.38. The zero-order valence-electron chi connectivity index (χ0n) is 10.2. The Bertz CT molecular complexity index is 562. The van der Waals surface area contributed by atoms with E-state index in [0.717, 1.165) is 22.9 Å². The molecule has 1 atom stereocenters. The average Bonchev–Trinajstić information content (AvgIpc) is 2.41. The van der Waals surface area contributed by atoms with Crippen LogP contribution in [0.25, 0.3) is 0 Å². The van der Waals surface area contributed by atoms with Gasteiger partial charge in [-0.15, -0.1) is 0 Å². The maximum Gasteiger partial charge on any atom is 0.246 e. The first-order valence-corrected chi connectivity index (χ1v) is 7.48. The molecule has 1 N–H and O–H groups in total. The van der Waals surface area contributed by atoms with Gasteiger partial charge in [0.25, 0.3) is 0 Å². The molecule has 0 bridgehead atoms. The molecule has 0 saturated carbocycles. The first-order chi connectivity index (χ1) is 8.96. The standard InChI is InChI=1S/C12H15F2NO3S/c13-9-4-5-11(14)12(7-9)19(17,18)15-6-2-1-3-10(15)8-16/h4-5,7,10,16H,1-3,6,8H2. The van der Waals surface area contributed by atoms with E-state index in [4.69, 9.17) is 0 Å². The summed E-state index contributed by atoms with van der Waals surface area (Å²) in [5, 5.41) is 9.22. The van der Waals surface area contributed by atoms with E-state index in [-0.39, 0.29) is 13.2 Å². The summed E-state index contributed by atoms with van der Waals surface area (Å²) >= 11 is 0. The van der Waals surface area contributed by atoms with Crippen molar-refractivity contribution in [3.8, 4) is 0 Å². The fourth-order valence-corrected chi connectivity index (χ4v) is 4.04. The first kappa shape index (κ1) is 14.4. The van der Waals surface area contributed by atoms with Gasteiger partial charge in [-0.3, -0.25) is 0 Å². The summed E-state index contributed by atoms with van der Waals surface area (Å²) in [4.78, 5) is -0.673. The van der Waals surface area contributed by atoms with Crippen LogP contribution >= 0.6 is 0 Å². The summed E-state index contributed by atoms with van der Waals surface area (Å²) in [7, 11) is -4.12. The highest BCUT2D eigenvalue weighted by molar-refractivity contribution is 7.89. The van der Waals surface area contributed by atoms with Gasteiger partial charge in [-0.1, -0.05) is 6.42 Å². The third-order valence-corrected chi connectivity index (χ3v) is 5.23. The van der Waals surface area contributed by atoms with Gasteiger partial charge >= 0.3 is 0 Å². The Kier molecular flexibility index (Phi) is 4.17. The van der Waals surface area contributed by atoms with E-state index in [0.29, 0.717) is 18.9 Å². The highest BCUT2D eigenvalue weighted by atomic mass is 32.2. The lowest BCUT2D eigenvalue weighted by Crippen LogP contribution is -2.45. The zero-order valence-corrected chi connectivity index (χ0v) is 11.0. The van der Waals surface area contributed by atoms with Crippen molar-refractivity contribution in [2.75, 3.05) is 13.2 Å². The minimum Gasteiger partial charge on any atom is -0.395 e. The second kappa shape index (κ2) is 5.52. The molecule has 1 aliphatic heterocycles. The second-order valence-electron chi connectivity index (χ2n) is 4.52. The Balaban J connectivity index is 2.43. The Morgan fingerprint density at radius 3 is 2.74 bits per heavy atom. The van der Waals surface area contributed by atoms with E-state index in [1.54, 1.807) is 0 Å². The van der Waals surface area contributed by atoms with Gasteiger partial charge in [0.15, 0.2) is 0 Å². The number of nitrogens with zero attached hydrogens (tertiary/aromatic N) is 1. The summed E-state index contributed by atoms with van der Waals surface area (Å²) in [6, 6.07) is 1.77. The monoisotopic (exact) mass is 291 g/mol.